The van der Waals surface area contributed by atoms with Gasteiger partial charge in [0.05, 0.1) is 23.0 Å². The first kappa shape index (κ1) is 22.0. The van der Waals surface area contributed by atoms with E-state index in [4.69, 9.17) is 12.2 Å². The van der Waals surface area contributed by atoms with Crippen LogP contribution in [0.3, 0.4) is 0 Å². The van der Waals surface area contributed by atoms with E-state index in [1.165, 1.54) is 17.4 Å². The molecule has 0 fully saturated rings. The van der Waals surface area contributed by atoms with Crippen molar-refractivity contribution >= 4 is 29.0 Å². The maximum atomic E-state index is 12.9. The SMILES string of the molecule is CCCC[C@H](CC)CNC(=O)Cc1ccc(-n2c(=S)[nH]c3ccccc3c2=O)cc1. The number of carbonyl (C=O) groups excluding carboxylic acids is 1. The number of unbranched alkanes of at least 4 members (excludes halogenated alkanes) is 1. The molecule has 0 saturated heterocycles. The monoisotopic (exact) mass is 423 g/mol. The first-order valence-electron chi connectivity index (χ1n) is 10.6. The molecule has 0 radical (unpaired) electrons. The molecule has 2 N–H and O–H groups in total. The number of carbonyl (C=O) groups is 1. The molecule has 1 atom stereocenters. The molecule has 0 aliphatic carbocycles. The quantitative estimate of drug-likeness (QED) is 0.480. The minimum atomic E-state index is -0.155. The molecule has 158 valence electrons. The predicted octanol–water partition coefficient (Wildman–Crippen LogP) is 4.92. The Morgan fingerprint density at radius 1 is 1.13 bits per heavy atom. The Hall–Kier alpha value is -2.73. The van der Waals surface area contributed by atoms with E-state index >= 15 is 0 Å². The molecule has 3 aromatic rings. The number of nitrogens with zero attached hydrogens (tertiary/aromatic N) is 1. The summed E-state index contributed by atoms with van der Waals surface area (Å²) in [5.41, 5.74) is 2.15. The highest BCUT2D eigenvalue weighted by Crippen LogP contribution is 2.13. The fraction of sp³-hybridized carbons (Fsp3) is 0.375. The lowest BCUT2D eigenvalue weighted by molar-refractivity contribution is -0.120. The van der Waals surface area contributed by atoms with Gasteiger partial charge >= 0.3 is 0 Å². The molecule has 3 rings (SSSR count). The third-order valence-electron chi connectivity index (χ3n) is 5.50. The summed E-state index contributed by atoms with van der Waals surface area (Å²) in [6.45, 7) is 5.09. The molecule has 5 nitrogen and oxygen atoms in total. The molecule has 1 amide bonds. The second-order valence-electron chi connectivity index (χ2n) is 7.68. The molecular formula is C24H29N3O2S. The zero-order chi connectivity index (χ0) is 21.5. The molecule has 0 aliphatic heterocycles. The van der Waals surface area contributed by atoms with Crippen molar-refractivity contribution in [3.63, 3.8) is 0 Å². The second kappa shape index (κ2) is 10.3. The number of aromatic amines is 1. The highest BCUT2D eigenvalue weighted by atomic mass is 32.1. The Balaban J connectivity index is 1.70. The molecule has 0 aliphatic rings. The lowest BCUT2D eigenvalue weighted by atomic mass is 9.99. The van der Waals surface area contributed by atoms with Gasteiger partial charge in [-0.05, 0) is 54.4 Å². The Morgan fingerprint density at radius 3 is 2.57 bits per heavy atom. The van der Waals surface area contributed by atoms with E-state index in [0.717, 1.165) is 30.5 Å². The number of hydrogen-bond acceptors (Lipinski definition) is 3. The van der Waals surface area contributed by atoms with Gasteiger partial charge in [0.15, 0.2) is 4.77 Å². The van der Waals surface area contributed by atoms with Crippen LogP contribution in [0, 0.1) is 10.7 Å². The highest BCUT2D eigenvalue weighted by Gasteiger charge is 2.10. The minimum absolute atomic E-state index is 0.0258. The largest absolute Gasteiger partial charge is 0.356 e. The number of H-pyrrole nitrogens is 1. The number of para-hydroxylation sites is 1. The van der Waals surface area contributed by atoms with Gasteiger partial charge in [-0.25, -0.2) is 0 Å². The normalized spacial score (nSPS) is 12.1. The maximum Gasteiger partial charge on any atom is 0.266 e. The van der Waals surface area contributed by atoms with Crippen LogP contribution in [0.25, 0.3) is 16.6 Å². The molecule has 0 bridgehead atoms. The van der Waals surface area contributed by atoms with E-state index < -0.39 is 0 Å². The summed E-state index contributed by atoms with van der Waals surface area (Å²) in [7, 11) is 0. The fourth-order valence-electron chi connectivity index (χ4n) is 3.61. The maximum absolute atomic E-state index is 12.9. The number of amides is 1. The molecule has 0 unspecified atom stereocenters. The summed E-state index contributed by atoms with van der Waals surface area (Å²) in [5.74, 6) is 0.565. The number of nitrogens with one attached hydrogen (secondary N) is 2. The second-order valence-corrected chi connectivity index (χ2v) is 8.07. The van der Waals surface area contributed by atoms with Crippen molar-refractivity contribution in [1.82, 2.24) is 14.9 Å². The third-order valence-corrected chi connectivity index (χ3v) is 5.78. The average Bonchev–Trinajstić information content (AvgIpc) is 2.75. The van der Waals surface area contributed by atoms with Gasteiger partial charge in [0.1, 0.15) is 0 Å². The van der Waals surface area contributed by atoms with Gasteiger partial charge in [-0.3, -0.25) is 14.2 Å². The smallest absolute Gasteiger partial charge is 0.266 e. The summed E-state index contributed by atoms with van der Waals surface area (Å²) in [6, 6.07) is 14.7. The standard InChI is InChI=1S/C24H29N3O2S/c1-3-5-8-17(4-2)16-25-22(28)15-18-11-13-19(14-12-18)27-23(29)20-9-6-7-10-21(20)26-24(27)30/h6-7,9-14,17H,3-5,8,15-16H2,1-2H3,(H,25,28)(H,26,30)/t17-/m0/s1. The summed E-state index contributed by atoms with van der Waals surface area (Å²) >= 11 is 5.40. The zero-order valence-electron chi connectivity index (χ0n) is 17.6. The lowest BCUT2D eigenvalue weighted by Crippen LogP contribution is -2.30. The van der Waals surface area contributed by atoms with Gasteiger partial charge in [0.25, 0.3) is 5.56 Å². The number of hydrogen-bond donors (Lipinski definition) is 2. The van der Waals surface area contributed by atoms with E-state index in [9.17, 15) is 9.59 Å². The van der Waals surface area contributed by atoms with Crippen molar-refractivity contribution in [3.05, 3.63) is 69.2 Å². The van der Waals surface area contributed by atoms with Crippen molar-refractivity contribution in [1.29, 1.82) is 0 Å². The minimum Gasteiger partial charge on any atom is -0.356 e. The third kappa shape index (κ3) is 5.25. The van der Waals surface area contributed by atoms with Crippen molar-refractivity contribution in [2.24, 2.45) is 5.92 Å². The molecule has 6 heteroatoms. The van der Waals surface area contributed by atoms with Gasteiger partial charge in [-0.2, -0.15) is 0 Å². The Bertz CT molecular complexity index is 1120. The number of fused-ring (bicyclic) bond motifs is 1. The fourth-order valence-corrected chi connectivity index (χ4v) is 3.91. The van der Waals surface area contributed by atoms with E-state index in [0.29, 0.717) is 28.2 Å². The molecule has 0 spiro atoms. The van der Waals surface area contributed by atoms with Gasteiger partial charge in [-0.1, -0.05) is 57.4 Å². The van der Waals surface area contributed by atoms with Crippen LogP contribution >= 0.6 is 12.2 Å². The molecule has 0 saturated carbocycles. The van der Waals surface area contributed by atoms with E-state index in [1.807, 2.05) is 42.5 Å². The first-order chi connectivity index (χ1) is 14.5. The van der Waals surface area contributed by atoms with Gasteiger partial charge in [-0.15, -0.1) is 0 Å². The van der Waals surface area contributed by atoms with Gasteiger partial charge in [0.2, 0.25) is 5.91 Å². The summed E-state index contributed by atoms with van der Waals surface area (Å²) in [6.07, 6.45) is 4.94. The zero-order valence-corrected chi connectivity index (χ0v) is 18.4. The summed E-state index contributed by atoms with van der Waals surface area (Å²) in [5, 5.41) is 3.65. The van der Waals surface area contributed by atoms with Crippen LogP contribution in [0.15, 0.2) is 53.3 Å². The van der Waals surface area contributed by atoms with Crippen LogP contribution < -0.4 is 10.9 Å². The van der Waals surface area contributed by atoms with Crippen molar-refractivity contribution in [2.45, 2.75) is 46.0 Å². The van der Waals surface area contributed by atoms with Crippen molar-refractivity contribution in [2.75, 3.05) is 6.54 Å². The van der Waals surface area contributed by atoms with Crippen LogP contribution in [0.1, 0.15) is 45.1 Å². The highest BCUT2D eigenvalue weighted by molar-refractivity contribution is 7.71. The van der Waals surface area contributed by atoms with E-state index in [2.05, 4.69) is 24.1 Å². The van der Waals surface area contributed by atoms with E-state index in [-0.39, 0.29) is 11.5 Å². The van der Waals surface area contributed by atoms with Gasteiger partial charge in [0, 0.05) is 6.54 Å². The Kier molecular flexibility index (Phi) is 7.57. The van der Waals surface area contributed by atoms with Crippen LogP contribution in [0.4, 0.5) is 0 Å². The Morgan fingerprint density at radius 2 is 1.87 bits per heavy atom. The Labute approximate surface area is 182 Å². The number of aromatic nitrogens is 2. The summed E-state index contributed by atoms with van der Waals surface area (Å²) < 4.78 is 1.84. The summed E-state index contributed by atoms with van der Waals surface area (Å²) in [4.78, 5) is 28.3. The predicted molar refractivity (Wildman–Crippen MR) is 125 cm³/mol. The molecule has 30 heavy (non-hydrogen) atoms. The van der Waals surface area contributed by atoms with Crippen molar-refractivity contribution in [3.8, 4) is 5.69 Å². The van der Waals surface area contributed by atoms with Crippen LogP contribution in [0.2, 0.25) is 0 Å². The number of rotatable bonds is 9. The van der Waals surface area contributed by atoms with Gasteiger partial charge < -0.3 is 10.3 Å². The molecule has 1 heterocycles. The topological polar surface area (TPSA) is 66.9 Å². The lowest BCUT2D eigenvalue weighted by Gasteiger charge is -2.15. The number of benzene rings is 2. The van der Waals surface area contributed by atoms with Crippen LogP contribution in [-0.4, -0.2) is 22.0 Å². The molecular weight excluding hydrogens is 394 g/mol. The van der Waals surface area contributed by atoms with Crippen LogP contribution in [0.5, 0.6) is 0 Å². The van der Waals surface area contributed by atoms with Crippen molar-refractivity contribution < 1.29 is 4.79 Å². The molecule has 1 aromatic heterocycles. The molecule has 2 aromatic carbocycles. The first-order valence-corrected chi connectivity index (χ1v) is 11.0. The van der Waals surface area contributed by atoms with E-state index in [1.54, 1.807) is 6.07 Å². The van der Waals surface area contributed by atoms with Crippen LogP contribution in [-0.2, 0) is 11.2 Å². The average molecular weight is 424 g/mol.